The van der Waals surface area contributed by atoms with Crippen LogP contribution >= 0.6 is 11.6 Å². The Morgan fingerprint density at radius 1 is 1.50 bits per heavy atom. The van der Waals surface area contributed by atoms with Crippen LogP contribution in [0.15, 0.2) is 18.2 Å². The number of hydrogen-bond acceptors (Lipinski definition) is 2. The zero-order valence-electron chi connectivity index (χ0n) is 8.34. The predicted octanol–water partition coefficient (Wildman–Crippen LogP) is 3.03. The molecular formula is C11H13ClO2. The molecule has 1 aromatic rings. The van der Waals surface area contributed by atoms with E-state index in [0.29, 0.717) is 23.6 Å². The molecule has 0 spiro atoms. The number of alkyl halides is 1. The summed E-state index contributed by atoms with van der Waals surface area (Å²) in [5, 5.41) is 0. The Kier molecular flexibility index (Phi) is 3.96. The number of halogens is 1. The van der Waals surface area contributed by atoms with Crippen molar-refractivity contribution in [1.29, 1.82) is 0 Å². The van der Waals surface area contributed by atoms with Gasteiger partial charge in [-0.3, -0.25) is 4.79 Å². The summed E-state index contributed by atoms with van der Waals surface area (Å²) in [7, 11) is 1.57. The molecule has 0 fully saturated rings. The Balaban J connectivity index is 3.07. The van der Waals surface area contributed by atoms with E-state index in [2.05, 4.69) is 0 Å². The average Bonchev–Trinajstić information content (AvgIpc) is 2.26. The van der Waals surface area contributed by atoms with Crippen LogP contribution in [0.4, 0.5) is 0 Å². The van der Waals surface area contributed by atoms with Gasteiger partial charge in [0.2, 0.25) is 0 Å². The van der Waals surface area contributed by atoms with Gasteiger partial charge in [-0.2, -0.15) is 0 Å². The lowest BCUT2D eigenvalue weighted by atomic mass is 10.1. The Hall–Kier alpha value is -1.02. The molecule has 0 bridgehead atoms. The number of carbonyl (C=O) groups excluding carboxylic acids is 1. The van der Waals surface area contributed by atoms with Crippen molar-refractivity contribution < 1.29 is 9.53 Å². The van der Waals surface area contributed by atoms with Gasteiger partial charge in [-0.05, 0) is 6.07 Å². The molecule has 1 aromatic carbocycles. The van der Waals surface area contributed by atoms with E-state index in [9.17, 15) is 4.79 Å². The fraction of sp³-hybridized carbons (Fsp3) is 0.364. The number of benzene rings is 1. The molecule has 0 aromatic heterocycles. The molecular weight excluding hydrogens is 200 g/mol. The maximum atomic E-state index is 11.4. The Labute approximate surface area is 88.8 Å². The molecule has 0 saturated carbocycles. The van der Waals surface area contributed by atoms with Crippen molar-refractivity contribution in [2.45, 2.75) is 19.2 Å². The molecule has 76 valence electrons. The van der Waals surface area contributed by atoms with Crippen molar-refractivity contribution in [3.05, 3.63) is 29.3 Å². The van der Waals surface area contributed by atoms with Crippen LogP contribution in [0.25, 0.3) is 0 Å². The molecule has 0 heterocycles. The van der Waals surface area contributed by atoms with Crippen LogP contribution in [0.5, 0.6) is 5.75 Å². The summed E-state index contributed by atoms with van der Waals surface area (Å²) in [6.07, 6.45) is 0.503. The van der Waals surface area contributed by atoms with E-state index in [1.165, 1.54) is 0 Å². The normalized spacial score (nSPS) is 9.93. The van der Waals surface area contributed by atoms with E-state index in [1.54, 1.807) is 19.2 Å². The standard InChI is InChI=1S/C11H13ClO2/c1-3-10(13)8-4-5-9(7-12)11(6-8)14-2/h4-6H,3,7H2,1-2H3. The zero-order chi connectivity index (χ0) is 10.6. The minimum absolute atomic E-state index is 0.115. The maximum Gasteiger partial charge on any atom is 0.162 e. The summed E-state index contributed by atoms with van der Waals surface area (Å²) in [6.45, 7) is 1.84. The fourth-order valence-corrected chi connectivity index (χ4v) is 1.45. The number of Topliss-reactive ketones (excluding diaryl/α,β-unsaturated/α-hetero) is 1. The largest absolute Gasteiger partial charge is 0.496 e. The van der Waals surface area contributed by atoms with Crippen molar-refractivity contribution in [2.75, 3.05) is 7.11 Å². The molecule has 0 radical (unpaired) electrons. The third-order valence-electron chi connectivity index (χ3n) is 2.07. The monoisotopic (exact) mass is 212 g/mol. The Morgan fingerprint density at radius 2 is 2.21 bits per heavy atom. The van der Waals surface area contributed by atoms with Gasteiger partial charge in [-0.1, -0.05) is 19.1 Å². The van der Waals surface area contributed by atoms with Crippen molar-refractivity contribution in [2.24, 2.45) is 0 Å². The highest BCUT2D eigenvalue weighted by atomic mass is 35.5. The molecule has 0 atom stereocenters. The van der Waals surface area contributed by atoms with Crippen LogP contribution in [-0.4, -0.2) is 12.9 Å². The van der Waals surface area contributed by atoms with E-state index in [0.717, 1.165) is 5.56 Å². The van der Waals surface area contributed by atoms with Crippen molar-refractivity contribution >= 4 is 17.4 Å². The quantitative estimate of drug-likeness (QED) is 0.567. The number of hydrogen-bond donors (Lipinski definition) is 0. The third-order valence-corrected chi connectivity index (χ3v) is 2.36. The van der Waals surface area contributed by atoms with E-state index in [1.807, 2.05) is 13.0 Å². The first-order valence-electron chi connectivity index (χ1n) is 4.49. The van der Waals surface area contributed by atoms with E-state index >= 15 is 0 Å². The predicted molar refractivity (Wildman–Crippen MR) is 57.2 cm³/mol. The van der Waals surface area contributed by atoms with Gasteiger partial charge in [0, 0.05) is 17.5 Å². The SMILES string of the molecule is CCC(=O)c1ccc(CCl)c(OC)c1. The van der Waals surface area contributed by atoms with Crippen molar-refractivity contribution in [1.82, 2.24) is 0 Å². The number of carbonyl (C=O) groups is 1. The lowest BCUT2D eigenvalue weighted by Crippen LogP contribution is -1.98. The number of rotatable bonds is 4. The summed E-state index contributed by atoms with van der Waals surface area (Å²) in [5.74, 6) is 1.19. The average molecular weight is 213 g/mol. The van der Waals surface area contributed by atoms with Gasteiger partial charge in [-0.15, -0.1) is 11.6 Å². The van der Waals surface area contributed by atoms with Crippen LogP contribution < -0.4 is 4.74 Å². The van der Waals surface area contributed by atoms with Gasteiger partial charge >= 0.3 is 0 Å². The lowest BCUT2D eigenvalue weighted by molar-refractivity contribution is 0.0988. The van der Waals surface area contributed by atoms with Crippen LogP contribution in [-0.2, 0) is 5.88 Å². The second-order valence-corrected chi connectivity index (χ2v) is 3.20. The summed E-state index contributed by atoms with van der Waals surface area (Å²) < 4.78 is 5.13. The molecule has 0 N–H and O–H groups in total. The minimum atomic E-state index is 0.115. The summed E-state index contributed by atoms with van der Waals surface area (Å²) in [4.78, 5) is 11.4. The smallest absolute Gasteiger partial charge is 0.162 e. The van der Waals surface area contributed by atoms with E-state index < -0.39 is 0 Å². The molecule has 2 nitrogen and oxygen atoms in total. The van der Waals surface area contributed by atoms with E-state index in [4.69, 9.17) is 16.3 Å². The summed E-state index contributed by atoms with van der Waals surface area (Å²) in [5.41, 5.74) is 1.58. The Morgan fingerprint density at radius 3 is 2.71 bits per heavy atom. The first kappa shape index (κ1) is 11.1. The number of ketones is 1. The van der Waals surface area contributed by atoms with Gasteiger partial charge in [0.15, 0.2) is 5.78 Å². The topological polar surface area (TPSA) is 26.3 Å². The van der Waals surface area contributed by atoms with Gasteiger partial charge in [0.25, 0.3) is 0 Å². The maximum absolute atomic E-state index is 11.4. The molecule has 0 aliphatic rings. The Bertz CT molecular complexity index is 334. The zero-order valence-corrected chi connectivity index (χ0v) is 9.10. The minimum Gasteiger partial charge on any atom is -0.496 e. The second kappa shape index (κ2) is 5.01. The molecule has 0 amide bonds. The molecule has 14 heavy (non-hydrogen) atoms. The first-order valence-corrected chi connectivity index (χ1v) is 5.02. The highest BCUT2D eigenvalue weighted by Gasteiger charge is 2.07. The molecule has 1 rings (SSSR count). The lowest BCUT2D eigenvalue weighted by Gasteiger charge is -2.07. The number of methoxy groups -OCH3 is 1. The molecule has 0 unspecified atom stereocenters. The number of ether oxygens (including phenoxy) is 1. The van der Waals surface area contributed by atoms with Crippen LogP contribution in [0.2, 0.25) is 0 Å². The highest BCUT2D eigenvalue weighted by molar-refractivity contribution is 6.17. The molecule has 0 aliphatic heterocycles. The van der Waals surface area contributed by atoms with E-state index in [-0.39, 0.29) is 5.78 Å². The summed E-state index contributed by atoms with van der Waals surface area (Å²) >= 11 is 5.71. The van der Waals surface area contributed by atoms with Gasteiger partial charge in [0.1, 0.15) is 5.75 Å². The van der Waals surface area contributed by atoms with Crippen LogP contribution in [0.3, 0.4) is 0 Å². The van der Waals surface area contributed by atoms with Gasteiger partial charge in [-0.25, -0.2) is 0 Å². The highest BCUT2D eigenvalue weighted by Crippen LogP contribution is 2.22. The first-order chi connectivity index (χ1) is 6.72. The third kappa shape index (κ3) is 2.26. The summed E-state index contributed by atoms with van der Waals surface area (Å²) in [6, 6.07) is 5.35. The molecule has 0 saturated heterocycles. The second-order valence-electron chi connectivity index (χ2n) is 2.94. The van der Waals surface area contributed by atoms with Gasteiger partial charge in [0.05, 0.1) is 13.0 Å². The van der Waals surface area contributed by atoms with Gasteiger partial charge < -0.3 is 4.74 Å². The molecule has 3 heteroatoms. The van der Waals surface area contributed by atoms with Crippen LogP contribution in [0.1, 0.15) is 29.3 Å². The van der Waals surface area contributed by atoms with Crippen molar-refractivity contribution in [3.8, 4) is 5.75 Å². The fourth-order valence-electron chi connectivity index (χ4n) is 1.23. The van der Waals surface area contributed by atoms with Crippen LogP contribution in [0, 0.1) is 0 Å². The molecule has 0 aliphatic carbocycles. The van der Waals surface area contributed by atoms with Crippen molar-refractivity contribution in [3.63, 3.8) is 0 Å².